The summed E-state index contributed by atoms with van der Waals surface area (Å²) in [6.45, 7) is 7.31. The Morgan fingerprint density at radius 1 is 1.22 bits per heavy atom. The van der Waals surface area contributed by atoms with E-state index in [-0.39, 0.29) is 11.3 Å². The van der Waals surface area contributed by atoms with Crippen molar-refractivity contribution in [2.24, 2.45) is 0 Å². The number of anilines is 1. The molecule has 1 aromatic heterocycles. The van der Waals surface area contributed by atoms with Gasteiger partial charge in [-0.3, -0.25) is 0 Å². The van der Waals surface area contributed by atoms with Gasteiger partial charge in [0.1, 0.15) is 0 Å². The van der Waals surface area contributed by atoms with Crippen molar-refractivity contribution in [2.45, 2.75) is 46.1 Å². The zero-order valence-corrected chi connectivity index (χ0v) is 12.2. The minimum Gasteiger partial charge on any atom is -0.467 e. The van der Waals surface area contributed by atoms with Crippen LogP contribution in [-0.2, 0) is 0 Å². The lowest BCUT2D eigenvalue weighted by Crippen LogP contribution is -2.33. The molecule has 1 aromatic rings. The number of nitrogens with zero attached hydrogens (tertiary/aromatic N) is 4. The van der Waals surface area contributed by atoms with Crippen molar-refractivity contribution in [3.63, 3.8) is 0 Å². The number of halogens is 1. The predicted octanol–water partition coefficient (Wildman–Crippen LogP) is 2.94. The van der Waals surface area contributed by atoms with Crippen LogP contribution in [-0.4, -0.2) is 34.6 Å². The molecule has 0 N–H and O–H groups in total. The van der Waals surface area contributed by atoms with Crippen LogP contribution in [0.15, 0.2) is 0 Å². The molecule has 0 spiro atoms. The number of hydrogen-bond donors (Lipinski definition) is 0. The third-order valence-electron chi connectivity index (χ3n) is 2.64. The van der Waals surface area contributed by atoms with E-state index < -0.39 is 0 Å². The third-order valence-corrected chi connectivity index (χ3v) is 2.81. The normalized spacial score (nSPS) is 10.8. The highest BCUT2D eigenvalue weighted by Gasteiger charge is 2.15. The van der Waals surface area contributed by atoms with Crippen molar-refractivity contribution >= 4 is 17.5 Å². The maximum Gasteiger partial charge on any atom is 0.322 e. The Kier molecular flexibility index (Phi) is 6.12. The Morgan fingerprint density at radius 3 is 2.50 bits per heavy atom. The molecule has 6 heteroatoms. The number of hydrogen-bond acceptors (Lipinski definition) is 5. The molecule has 1 rings (SSSR count). The van der Waals surface area contributed by atoms with Crippen molar-refractivity contribution in [3.05, 3.63) is 5.28 Å². The molecule has 0 radical (unpaired) electrons. The molecule has 0 aliphatic rings. The van der Waals surface area contributed by atoms with Crippen LogP contribution >= 0.6 is 11.6 Å². The van der Waals surface area contributed by atoms with E-state index >= 15 is 0 Å². The highest BCUT2D eigenvalue weighted by atomic mass is 35.5. The first-order chi connectivity index (χ1) is 8.58. The third kappa shape index (κ3) is 4.29. The SMILES string of the molecule is CCCCCN(c1nc(Cl)nc(OC)n1)C(C)C. The van der Waals surface area contributed by atoms with E-state index in [9.17, 15) is 0 Å². The average molecular weight is 273 g/mol. The van der Waals surface area contributed by atoms with E-state index in [1.807, 2.05) is 0 Å². The first-order valence-corrected chi connectivity index (χ1v) is 6.68. The fourth-order valence-corrected chi connectivity index (χ4v) is 1.81. The van der Waals surface area contributed by atoms with Crippen LogP contribution in [0.2, 0.25) is 5.28 Å². The predicted molar refractivity (Wildman–Crippen MR) is 73.4 cm³/mol. The monoisotopic (exact) mass is 272 g/mol. The van der Waals surface area contributed by atoms with E-state index in [0.717, 1.165) is 13.0 Å². The summed E-state index contributed by atoms with van der Waals surface area (Å²) in [5, 5.41) is 0.165. The Balaban J connectivity index is 2.87. The van der Waals surface area contributed by atoms with Crippen molar-refractivity contribution in [1.82, 2.24) is 15.0 Å². The molecule has 1 heterocycles. The summed E-state index contributed by atoms with van der Waals surface area (Å²) in [7, 11) is 1.52. The molecule has 102 valence electrons. The van der Waals surface area contributed by atoms with Gasteiger partial charge in [-0.2, -0.15) is 15.0 Å². The maximum atomic E-state index is 5.87. The van der Waals surface area contributed by atoms with Gasteiger partial charge < -0.3 is 9.64 Å². The van der Waals surface area contributed by atoms with Crippen LogP contribution in [0.3, 0.4) is 0 Å². The second kappa shape index (κ2) is 7.36. The maximum absolute atomic E-state index is 5.87. The van der Waals surface area contributed by atoms with Gasteiger partial charge in [0.2, 0.25) is 11.2 Å². The van der Waals surface area contributed by atoms with E-state index in [1.165, 1.54) is 20.0 Å². The molecule has 0 unspecified atom stereocenters. The van der Waals surface area contributed by atoms with Gasteiger partial charge in [0.25, 0.3) is 0 Å². The van der Waals surface area contributed by atoms with Crippen LogP contribution < -0.4 is 9.64 Å². The number of methoxy groups -OCH3 is 1. The molecule has 5 nitrogen and oxygen atoms in total. The summed E-state index contributed by atoms with van der Waals surface area (Å²) < 4.78 is 5.02. The fourth-order valence-electron chi connectivity index (χ4n) is 1.66. The van der Waals surface area contributed by atoms with E-state index in [4.69, 9.17) is 16.3 Å². The summed E-state index contributed by atoms with van der Waals surface area (Å²) in [5.74, 6) is 0.581. The quantitative estimate of drug-likeness (QED) is 0.715. The number of unbranched alkanes of at least 4 members (excludes halogenated alkanes) is 2. The van der Waals surface area contributed by atoms with Gasteiger partial charge >= 0.3 is 6.01 Å². The highest BCUT2D eigenvalue weighted by molar-refractivity contribution is 6.28. The molecule has 0 amide bonds. The summed E-state index contributed by atoms with van der Waals surface area (Å²) >= 11 is 5.87. The Bertz CT molecular complexity index is 373. The minimum absolute atomic E-state index is 0.165. The molecule has 0 atom stereocenters. The summed E-state index contributed by atoms with van der Waals surface area (Å²) in [4.78, 5) is 14.4. The molecule has 0 saturated heterocycles. The van der Waals surface area contributed by atoms with Gasteiger partial charge in [0, 0.05) is 12.6 Å². The van der Waals surface area contributed by atoms with Crippen LogP contribution in [0.25, 0.3) is 0 Å². The van der Waals surface area contributed by atoms with Gasteiger partial charge in [-0.15, -0.1) is 0 Å². The standard InChI is InChI=1S/C12H21ClN4O/c1-5-6-7-8-17(9(2)3)11-14-10(13)15-12(16-11)18-4/h9H,5-8H2,1-4H3. The van der Waals surface area contributed by atoms with Crippen LogP contribution in [0.1, 0.15) is 40.0 Å². The lowest BCUT2D eigenvalue weighted by Gasteiger charge is -2.26. The molecular formula is C12H21ClN4O. The molecule has 0 aliphatic heterocycles. The lowest BCUT2D eigenvalue weighted by molar-refractivity contribution is 0.377. The molecular weight excluding hydrogens is 252 g/mol. The smallest absolute Gasteiger partial charge is 0.322 e. The Hall–Kier alpha value is -1.10. The van der Waals surface area contributed by atoms with Crippen LogP contribution in [0.4, 0.5) is 5.95 Å². The molecule has 0 fully saturated rings. The average Bonchev–Trinajstić information content (AvgIpc) is 2.33. The summed E-state index contributed by atoms with van der Waals surface area (Å²) in [6.07, 6.45) is 3.49. The van der Waals surface area contributed by atoms with Crippen LogP contribution in [0.5, 0.6) is 6.01 Å². The highest BCUT2D eigenvalue weighted by Crippen LogP contribution is 2.17. The Morgan fingerprint density at radius 2 is 1.94 bits per heavy atom. The number of ether oxygens (including phenoxy) is 1. The second-order valence-electron chi connectivity index (χ2n) is 4.39. The van der Waals surface area contributed by atoms with Gasteiger partial charge in [-0.1, -0.05) is 19.8 Å². The molecule has 0 bridgehead atoms. The number of aromatic nitrogens is 3. The Labute approximate surface area is 114 Å². The molecule has 0 aliphatic carbocycles. The largest absolute Gasteiger partial charge is 0.467 e. The van der Waals surface area contributed by atoms with Gasteiger partial charge in [0.15, 0.2) is 0 Å². The lowest BCUT2D eigenvalue weighted by atomic mass is 10.2. The minimum atomic E-state index is 0.165. The summed E-state index contributed by atoms with van der Waals surface area (Å²) in [5.41, 5.74) is 0. The molecule has 0 saturated carbocycles. The number of rotatable bonds is 7. The van der Waals surface area contributed by atoms with E-state index in [2.05, 4.69) is 40.6 Å². The molecule has 0 aromatic carbocycles. The zero-order valence-electron chi connectivity index (χ0n) is 11.5. The first kappa shape index (κ1) is 15.0. The van der Waals surface area contributed by atoms with Crippen molar-refractivity contribution < 1.29 is 4.74 Å². The van der Waals surface area contributed by atoms with Crippen molar-refractivity contribution in [2.75, 3.05) is 18.6 Å². The molecule has 18 heavy (non-hydrogen) atoms. The van der Waals surface area contributed by atoms with Crippen molar-refractivity contribution in [3.8, 4) is 6.01 Å². The summed E-state index contributed by atoms with van der Waals surface area (Å²) in [6, 6.07) is 0.566. The van der Waals surface area contributed by atoms with E-state index in [0.29, 0.717) is 12.0 Å². The van der Waals surface area contributed by atoms with Crippen LogP contribution in [0, 0.1) is 0 Å². The van der Waals surface area contributed by atoms with E-state index in [1.54, 1.807) is 0 Å². The van der Waals surface area contributed by atoms with Gasteiger partial charge in [0.05, 0.1) is 7.11 Å². The van der Waals surface area contributed by atoms with Gasteiger partial charge in [-0.05, 0) is 31.9 Å². The fraction of sp³-hybridized carbons (Fsp3) is 0.750. The van der Waals surface area contributed by atoms with Crippen molar-refractivity contribution in [1.29, 1.82) is 0 Å². The topological polar surface area (TPSA) is 51.1 Å². The first-order valence-electron chi connectivity index (χ1n) is 6.30. The second-order valence-corrected chi connectivity index (χ2v) is 4.72. The van der Waals surface area contributed by atoms with Gasteiger partial charge in [-0.25, -0.2) is 0 Å². The zero-order chi connectivity index (χ0) is 13.5.